The molecule has 0 radical (unpaired) electrons. The van der Waals surface area contributed by atoms with Gasteiger partial charge in [-0.3, -0.25) is 0 Å². The van der Waals surface area contributed by atoms with Gasteiger partial charge in [-0.05, 0) is 13.8 Å². The molecule has 0 aliphatic rings. The van der Waals surface area contributed by atoms with E-state index in [0.29, 0.717) is 0 Å². The van der Waals surface area contributed by atoms with E-state index in [4.69, 9.17) is 5.11 Å². The Balaban J connectivity index is -0.0000000450. The van der Waals surface area contributed by atoms with Gasteiger partial charge in [-0.1, -0.05) is 0 Å². The number of rotatable bonds is 0. The largest absolute Gasteiger partial charge is 1.00 e. The Bertz CT molecular complexity index is 15.5. The average Bonchev–Trinajstić information content (AvgIpc) is 0.811. The maximum absolute atomic E-state index is 8.06. The molecule has 0 amide bonds. The molecule has 0 fully saturated rings. The van der Waals surface area contributed by atoms with Gasteiger partial charge in [-0.2, -0.15) is 0 Å². The van der Waals surface area contributed by atoms with Crippen LogP contribution in [0.3, 0.4) is 0 Å². The quantitative estimate of drug-likeness (QED) is 0.301. The standard InChI is InChI=1S/C3H8O.HI.Li/c1-3(2)4;;/h3-4H,1-2H3;1H;/q;;+1/p-1. The summed E-state index contributed by atoms with van der Waals surface area (Å²) in [6.45, 7) is 3.44. The molecule has 34 valence electrons. The molecule has 1 N–H and O–H groups in total. The van der Waals surface area contributed by atoms with Crippen LogP contribution >= 0.6 is 0 Å². The SMILES string of the molecule is CC(C)O.[I-].[Li+]. The topological polar surface area (TPSA) is 20.2 Å². The van der Waals surface area contributed by atoms with Gasteiger partial charge in [0, 0.05) is 6.10 Å². The molecule has 0 aliphatic heterocycles. The van der Waals surface area contributed by atoms with Gasteiger partial charge in [0.1, 0.15) is 0 Å². The summed E-state index contributed by atoms with van der Waals surface area (Å²) in [5.74, 6) is 0. The number of halogens is 1. The second-order valence-electron chi connectivity index (χ2n) is 1.09. The number of hydrogen-bond acceptors (Lipinski definition) is 1. The Labute approximate surface area is 67.7 Å². The number of aliphatic hydroxyl groups is 1. The van der Waals surface area contributed by atoms with Crippen molar-refractivity contribution in [1.29, 1.82) is 0 Å². The van der Waals surface area contributed by atoms with Gasteiger partial charge < -0.3 is 29.1 Å². The summed E-state index contributed by atoms with van der Waals surface area (Å²) < 4.78 is 0. The molecule has 0 heterocycles. The maximum Gasteiger partial charge on any atom is 1.00 e. The second-order valence-corrected chi connectivity index (χ2v) is 1.09. The van der Waals surface area contributed by atoms with Crippen molar-refractivity contribution in [2.75, 3.05) is 0 Å². The zero-order chi connectivity index (χ0) is 3.58. The Morgan fingerprint density at radius 2 is 1.33 bits per heavy atom. The first-order valence-corrected chi connectivity index (χ1v) is 1.41. The molecule has 0 bridgehead atoms. The van der Waals surface area contributed by atoms with Crippen molar-refractivity contribution < 1.29 is 47.9 Å². The van der Waals surface area contributed by atoms with Crippen molar-refractivity contribution in [3.05, 3.63) is 0 Å². The molecule has 6 heavy (non-hydrogen) atoms. The van der Waals surface area contributed by atoms with Crippen LogP contribution in [0, 0.1) is 0 Å². The molecule has 0 rings (SSSR count). The van der Waals surface area contributed by atoms with Crippen LogP contribution in [-0.2, 0) is 0 Å². The van der Waals surface area contributed by atoms with Crippen LogP contribution in [0.1, 0.15) is 13.8 Å². The van der Waals surface area contributed by atoms with E-state index in [-0.39, 0.29) is 48.9 Å². The average molecular weight is 194 g/mol. The molecule has 0 saturated heterocycles. The van der Waals surface area contributed by atoms with Crippen LogP contribution < -0.4 is 42.8 Å². The zero-order valence-corrected chi connectivity index (χ0v) is 6.56. The van der Waals surface area contributed by atoms with Gasteiger partial charge in [-0.25, -0.2) is 0 Å². The third-order valence-electron chi connectivity index (χ3n) is 0. The zero-order valence-electron chi connectivity index (χ0n) is 4.40. The minimum atomic E-state index is -0.167. The Morgan fingerprint density at radius 1 is 1.33 bits per heavy atom. The van der Waals surface area contributed by atoms with Crippen LogP contribution in [-0.4, -0.2) is 11.2 Å². The molecule has 0 unspecified atom stereocenters. The van der Waals surface area contributed by atoms with Crippen molar-refractivity contribution in [3.8, 4) is 0 Å². The Kier molecular flexibility index (Phi) is 25.0. The van der Waals surface area contributed by atoms with Gasteiger partial charge in [0.2, 0.25) is 0 Å². The minimum Gasteiger partial charge on any atom is -1.00 e. The van der Waals surface area contributed by atoms with Crippen LogP contribution in [0.5, 0.6) is 0 Å². The molecule has 0 atom stereocenters. The summed E-state index contributed by atoms with van der Waals surface area (Å²) in [7, 11) is 0. The van der Waals surface area contributed by atoms with Crippen molar-refractivity contribution in [3.63, 3.8) is 0 Å². The van der Waals surface area contributed by atoms with Gasteiger partial charge >= 0.3 is 18.9 Å². The summed E-state index contributed by atoms with van der Waals surface area (Å²) in [5, 5.41) is 8.06. The van der Waals surface area contributed by atoms with Gasteiger partial charge in [0.15, 0.2) is 0 Å². The van der Waals surface area contributed by atoms with Gasteiger partial charge in [0.25, 0.3) is 0 Å². The van der Waals surface area contributed by atoms with Crippen LogP contribution in [0.2, 0.25) is 0 Å². The third-order valence-corrected chi connectivity index (χ3v) is 0. The summed E-state index contributed by atoms with van der Waals surface area (Å²) in [4.78, 5) is 0. The first kappa shape index (κ1) is 15.7. The van der Waals surface area contributed by atoms with E-state index < -0.39 is 0 Å². The first-order chi connectivity index (χ1) is 1.73. The molecular weight excluding hydrogens is 186 g/mol. The fraction of sp³-hybridized carbons (Fsp3) is 1.00. The van der Waals surface area contributed by atoms with Crippen molar-refractivity contribution in [1.82, 2.24) is 0 Å². The molecule has 0 aromatic rings. The predicted octanol–water partition coefficient (Wildman–Crippen LogP) is -5.60. The fourth-order valence-corrected chi connectivity index (χ4v) is 0. The van der Waals surface area contributed by atoms with Gasteiger partial charge in [-0.15, -0.1) is 0 Å². The maximum atomic E-state index is 8.06. The van der Waals surface area contributed by atoms with E-state index in [1.54, 1.807) is 13.8 Å². The molecule has 0 spiro atoms. The first-order valence-electron chi connectivity index (χ1n) is 1.41. The van der Waals surface area contributed by atoms with E-state index in [1.165, 1.54) is 0 Å². The molecule has 3 heteroatoms. The van der Waals surface area contributed by atoms with E-state index in [2.05, 4.69) is 0 Å². The second kappa shape index (κ2) is 9.56. The normalized spacial score (nSPS) is 6.00. The van der Waals surface area contributed by atoms with Gasteiger partial charge in [0.05, 0.1) is 0 Å². The van der Waals surface area contributed by atoms with E-state index in [1.807, 2.05) is 0 Å². The predicted molar refractivity (Wildman–Crippen MR) is 17.4 cm³/mol. The summed E-state index contributed by atoms with van der Waals surface area (Å²) in [6, 6.07) is 0. The summed E-state index contributed by atoms with van der Waals surface area (Å²) in [6.07, 6.45) is -0.167. The van der Waals surface area contributed by atoms with Crippen LogP contribution in [0.25, 0.3) is 0 Å². The smallest absolute Gasteiger partial charge is 1.00 e. The molecular formula is C3H8ILiO. The van der Waals surface area contributed by atoms with Crippen LogP contribution in [0.15, 0.2) is 0 Å². The minimum absolute atomic E-state index is 0. The third kappa shape index (κ3) is 58.6. The molecule has 0 aliphatic carbocycles. The summed E-state index contributed by atoms with van der Waals surface area (Å²) >= 11 is 0. The van der Waals surface area contributed by atoms with E-state index >= 15 is 0 Å². The number of hydrogen-bond donors (Lipinski definition) is 1. The van der Waals surface area contributed by atoms with Crippen molar-refractivity contribution in [2.24, 2.45) is 0 Å². The van der Waals surface area contributed by atoms with E-state index in [9.17, 15) is 0 Å². The molecule has 1 nitrogen and oxygen atoms in total. The Hall–Kier alpha value is 1.29. The van der Waals surface area contributed by atoms with E-state index in [0.717, 1.165) is 0 Å². The van der Waals surface area contributed by atoms with Crippen molar-refractivity contribution >= 4 is 0 Å². The summed E-state index contributed by atoms with van der Waals surface area (Å²) in [5.41, 5.74) is 0. The Morgan fingerprint density at radius 3 is 1.33 bits per heavy atom. The number of aliphatic hydroxyl groups excluding tert-OH is 1. The molecule has 0 saturated carbocycles. The van der Waals surface area contributed by atoms with Crippen LogP contribution in [0.4, 0.5) is 0 Å². The van der Waals surface area contributed by atoms with Crippen molar-refractivity contribution in [2.45, 2.75) is 20.0 Å². The molecule has 0 aromatic heterocycles. The fourth-order valence-electron chi connectivity index (χ4n) is 0. The molecule has 0 aromatic carbocycles. The monoisotopic (exact) mass is 194 g/mol.